The van der Waals surface area contributed by atoms with E-state index >= 15 is 0 Å². The van der Waals surface area contributed by atoms with E-state index < -0.39 is 0 Å². The summed E-state index contributed by atoms with van der Waals surface area (Å²) in [6.45, 7) is 0. The number of carbonyl (C=O) groups excluding carboxylic acids is 1. The van der Waals surface area contributed by atoms with Gasteiger partial charge in [-0.15, -0.1) is 0 Å². The largest absolute Gasteiger partial charge is 0.493 e. The molecule has 1 amide bonds. The summed E-state index contributed by atoms with van der Waals surface area (Å²) in [5.41, 5.74) is 4.09. The molecule has 2 aromatic carbocycles. The number of rotatable bonds is 6. The number of methoxy groups -OCH3 is 2. The second-order valence-electron chi connectivity index (χ2n) is 4.69. The van der Waals surface area contributed by atoms with Crippen LogP contribution in [0.15, 0.2) is 47.6 Å². The number of hydrazone groups is 1. The van der Waals surface area contributed by atoms with E-state index in [1.807, 2.05) is 30.3 Å². The van der Waals surface area contributed by atoms with Gasteiger partial charge < -0.3 is 9.47 Å². The Morgan fingerprint density at radius 1 is 1.22 bits per heavy atom. The molecule has 0 aromatic heterocycles. The third kappa shape index (κ3) is 4.72. The van der Waals surface area contributed by atoms with Crippen LogP contribution in [0.3, 0.4) is 0 Å². The van der Waals surface area contributed by atoms with Crippen LogP contribution < -0.4 is 14.9 Å². The molecule has 23 heavy (non-hydrogen) atoms. The first-order chi connectivity index (χ1) is 11.1. The highest BCUT2D eigenvalue weighted by Crippen LogP contribution is 2.35. The van der Waals surface area contributed by atoms with Crippen LogP contribution in [0.1, 0.15) is 11.1 Å². The number of hydrogen-bond acceptors (Lipinski definition) is 4. The topological polar surface area (TPSA) is 59.9 Å². The van der Waals surface area contributed by atoms with Crippen molar-refractivity contribution < 1.29 is 14.3 Å². The summed E-state index contributed by atoms with van der Waals surface area (Å²) in [6.07, 6.45) is 1.77. The van der Waals surface area contributed by atoms with Crippen molar-refractivity contribution in [1.29, 1.82) is 0 Å². The van der Waals surface area contributed by atoms with Crippen molar-refractivity contribution in [2.24, 2.45) is 5.10 Å². The molecule has 5 nitrogen and oxygen atoms in total. The number of ether oxygens (including phenoxy) is 2. The van der Waals surface area contributed by atoms with Gasteiger partial charge >= 0.3 is 0 Å². The van der Waals surface area contributed by atoms with Crippen molar-refractivity contribution in [2.45, 2.75) is 6.42 Å². The molecule has 2 aromatic rings. The summed E-state index contributed by atoms with van der Waals surface area (Å²) in [4.78, 5) is 11.8. The van der Waals surface area contributed by atoms with Crippen molar-refractivity contribution in [3.8, 4) is 11.5 Å². The van der Waals surface area contributed by atoms with E-state index in [-0.39, 0.29) is 12.3 Å². The summed E-state index contributed by atoms with van der Waals surface area (Å²) < 4.78 is 10.4. The van der Waals surface area contributed by atoms with E-state index in [4.69, 9.17) is 21.1 Å². The van der Waals surface area contributed by atoms with Gasteiger partial charge in [0.05, 0.1) is 31.9 Å². The molecular weight excluding hydrogens is 316 g/mol. The van der Waals surface area contributed by atoms with Crippen LogP contribution in [0, 0.1) is 0 Å². The predicted octanol–water partition coefficient (Wildman–Crippen LogP) is 3.05. The molecular formula is C17H17ClN2O3. The number of nitrogens with zero attached hydrogens (tertiary/aromatic N) is 1. The number of benzene rings is 2. The zero-order valence-corrected chi connectivity index (χ0v) is 13.6. The average Bonchev–Trinajstić information content (AvgIpc) is 2.55. The van der Waals surface area contributed by atoms with Crippen molar-refractivity contribution in [3.05, 3.63) is 58.6 Å². The van der Waals surface area contributed by atoms with Crippen LogP contribution in [-0.2, 0) is 11.2 Å². The Balaban J connectivity index is 2.00. The van der Waals surface area contributed by atoms with Gasteiger partial charge in [0, 0.05) is 0 Å². The van der Waals surface area contributed by atoms with Gasteiger partial charge in [-0.25, -0.2) is 5.43 Å². The lowest BCUT2D eigenvalue weighted by atomic mass is 10.1. The molecule has 120 valence electrons. The first-order valence-electron chi connectivity index (χ1n) is 6.91. The van der Waals surface area contributed by atoms with Crippen LogP contribution in [-0.4, -0.2) is 26.3 Å². The first-order valence-corrected chi connectivity index (χ1v) is 7.29. The van der Waals surface area contributed by atoms with Crippen molar-refractivity contribution in [2.75, 3.05) is 14.2 Å². The Morgan fingerprint density at radius 3 is 2.61 bits per heavy atom. The van der Waals surface area contributed by atoms with Gasteiger partial charge in [-0.1, -0.05) is 41.9 Å². The second kappa shape index (κ2) is 8.19. The Labute approximate surface area is 139 Å². The van der Waals surface area contributed by atoms with E-state index in [2.05, 4.69) is 10.5 Å². The quantitative estimate of drug-likeness (QED) is 0.653. The smallest absolute Gasteiger partial charge is 0.244 e. The van der Waals surface area contributed by atoms with Gasteiger partial charge in [0.1, 0.15) is 0 Å². The molecule has 0 saturated heterocycles. The zero-order valence-electron chi connectivity index (χ0n) is 12.9. The fraction of sp³-hybridized carbons (Fsp3) is 0.176. The number of amides is 1. The Bertz CT molecular complexity index is 702. The third-order valence-corrected chi connectivity index (χ3v) is 3.35. The van der Waals surface area contributed by atoms with Gasteiger partial charge in [0.15, 0.2) is 11.5 Å². The Morgan fingerprint density at radius 2 is 1.96 bits per heavy atom. The van der Waals surface area contributed by atoms with E-state index in [1.54, 1.807) is 12.1 Å². The Hall–Kier alpha value is -2.53. The van der Waals surface area contributed by atoms with Gasteiger partial charge in [-0.05, 0) is 23.3 Å². The summed E-state index contributed by atoms with van der Waals surface area (Å²) >= 11 is 6.11. The maximum atomic E-state index is 11.8. The minimum absolute atomic E-state index is 0.195. The van der Waals surface area contributed by atoms with Gasteiger partial charge in [0.2, 0.25) is 5.91 Å². The lowest BCUT2D eigenvalue weighted by Gasteiger charge is -2.09. The minimum Gasteiger partial charge on any atom is -0.493 e. The summed E-state index contributed by atoms with van der Waals surface area (Å²) in [5.74, 6) is 0.760. The van der Waals surface area contributed by atoms with Gasteiger partial charge in [-0.3, -0.25) is 4.79 Å². The molecule has 0 radical (unpaired) electrons. The molecule has 0 aliphatic carbocycles. The summed E-state index contributed by atoms with van der Waals surface area (Å²) in [5, 5.41) is 4.34. The van der Waals surface area contributed by atoms with Gasteiger partial charge in [0.25, 0.3) is 0 Å². The molecule has 0 saturated carbocycles. The molecule has 6 heteroatoms. The third-order valence-electron chi connectivity index (χ3n) is 3.07. The highest BCUT2D eigenvalue weighted by atomic mass is 35.5. The fourth-order valence-corrected chi connectivity index (χ4v) is 2.31. The second-order valence-corrected chi connectivity index (χ2v) is 5.10. The summed E-state index contributed by atoms with van der Waals surface area (Å²) in [6, 6.07) is 12.8. The molecule has 0 fully saturated rings. The maximum Gasteiger partial charge on any atom is 0.244 e. The summed E-state index contributed by atoms with van der Waals surface area (Å²) in [7, 11) is 3.04. The first kappa shape index (κ1) is 16.8. The van der Waals surface area contributed by atoms with E-state index in [0.717, 1.165) is 5.56 Å². The molecule has 0 heterocycles. The number of hydrogen-bond donors (Lipinski definition) is 1. The monoisotopic (exact) mass is 332 g/mol. The SMILES string of the molecule is COc1cc(/C=N\NC(=O)Cc2ccccc2)cc(Cl)c1OC. The lowest BCUT2D eigenvalue weighted by molar-refractivity contribution is -0.120. The number of halogens is 1. The van der Waals surface area contributed by atoms with Crippen LogP contribution >= 0.6 is 11.6 Å². The van der Waals surface area contributed by atoms with Crippen LogP contribution in [0.5, 0.6) is 11.5 Å². The minimum atomic E-state index is -0.195. The number of nitrogens with one attached hydrogen (secondary N) is 1. The fourth-order valence-electron chi connectivity index (χ4n) is 2.01. The standard InChI is InChI=1S/C17H17ClN2O3/c1-22-15-9-13(8-14(18)17(15)23-2)11-19-20-16(21)10-12-6-4-3-5-7-12/h3-9,11H,10H2,1-2H3,(H,20,21)/b19-11-. The van der Waals surface area contributed by atoms with Crippen LogP contribution in [0.2, 0.25) is 5.02 Å². The predicted molar refractivity (Wildman–Crippen MR) is 90.4 cm³/mol. The highest BCUT2D eigenvalue weighted by Gasteiger charge is 2.10. The Kier molecular flexibility index (Phi) is 6.00. The van der Waals surface area contributed by atoms with E-state index in [9.17, 15) is 4.79 Å². The normalized spacial score (nSPS) is 10.6. The molecule has 0 bridgehead atoms. The van der Waals surface area contributed by atoms with Crippen molar-refractivity contribution in [3.63, 3.8) is 0 Å². The van der Waals surface area contributed by atoms with Crippen LogP contribution in [0.25, 0.3) is 0 Å². The number of carbonyl (C=O) groups is 1. The van der Waals surface area contributed by atoms with Crippen molar-refractivity contribution >= 4 is 23.7 Å². The molecule has 0 unspecified atom stereocenters. The van der Waals surface area contributed by atoms with Crippen LogP contribution in [0.4, 0.5) is 0 Å². The highest BCUT2D eigenvalue weighted by molar-refractivity contribution is 6.32. The molecule has 0 atom stereocenters. The molecule has 0 aliphatic rings. The van der Waals surface area contributed by atoms with E-state index in [1.165, 1.54) is 20.4 Å². The molecule has 0 spiro atoms. The molecule has 0 aliphatic heterocycles. The molecule has 1 N–H and O–H groups in total. The van der Waals surface area contributed by atoms with Crippen molar-refractivity contribution in [1.82, 2.24) is 5.43 Å². The zero-order chi connectivity index (χ0) is 16.7. The van der Waals surface area contributed by atoms with E-state index in [0.29, 0.717) is 22.1 Å². The lowest BCUT2D eigenvalue weighted by Crippen LogP contribution is -2.19. The molecule has 2 rings (SSSR count). The van der Waals surface area contributed by atoms with Gasteiger partial charge in [-0.2, -0.15) is 5.10 Å². The average molecular weight is 333 g/mol. The maximum absolute atomic E-state index is 11.8.